The number of imide groups is 2. The highest BCUT2D eigenvalue weighted by Crippen LogP contribution is 2.29. The lowest BCUT2D eigenvalue weighted by molar-refractivity contribution is -0.384. The van der Waals surface area contributed by atoms with Gasteiger partial charge in [-0.1, -0.05) is 28.1 Å². The monoisotopic (exact) mass is 591 g/mol. The van der Waals surface area contributed by atoms with Gasteiger partial charge in [0.1, 0.15) is 17.1 Å². The van der Waals surface area contributed by atoms with Gasteiger partial charge < -0.3 is 9.47 Å². The van der Waals surface area contributed by atoms with Crippen LogP contribution < -0.4 is 19.7 Å². The van der Waals surface area contributed by atoms with Gasteiger partial charge in [-0.25, -0.2) is 14.5 Å². The number of amides is 4. The van der Waals surface area contributed by atoms with E-state index in [2.05, 4.69) is 21.2 Å². The van der Waals surface area contributed by atoms with E-state index in [0.29, 0.717) is 15.8 Å². The molecule has 0 spiro atoms. The second-order valence-corrected chi connectivity index (χ2v) is 8.86. The Labute approximate surface area is 229 Å². The smallest absolute Gasteiger partial charge is 0.336 e. The summed E-state index contributed by atoms with van der Waals surface area (Å²) in [6.07, 6.45) is 3.64. The van der Waals surface area contributed by atoms with Crippen LogP contribution in [0.5, 0.6) is 11.5 Å². The third-order valence-corrected chi connectivity index (χ3v) is 5.90. The van der Waals surface area contributed by atoms with E-state index < -0.39 is 28.7 Å². The van der Waals surface area contributed by atoms with Gasteiger partial charge >= 0.3 is 12.0 Å². The number of urea groups is 1. The first-order chi connectivity index (χ1) is 18.7. The summed E-state index contributed by atoms with van der Waals surface area (Å²) in [5, 5.41) is 13.1. The number of nitrogens with one attached hydrogen (secondary N) is 1. The molecule has 3 aromatic carbocycles. The predicted molar refractivity (Wildman–Crippen MR) is 144 cm³/mol. The number of rotatable bonds is 7. The summed E-state index contributed by atoms with van der Waals surface area (Å²) < 4.78 is 11.1. The van der Waals surface area contributed by atoms with E-state index in [1.54, 1.807) is 24.3 Å². The van der Waals surface area contributed by atoms with Crippen LogP contribution in [-0.2, 0) is 14.4 Å². The molecule has 11 nitrogen and oxygen atoms in total. The minimum Gasteiger partial charge on any atom is -0.497 e. The number of nitro benzene ring substituents is 1. The molecule has 1 fully saturated rings. The predicted octanol–water partition coefficient (Wildman–Crippen LogP) is 4.65. The Bertz CT molecular complexity index is 1560. The number of hydrogen-bond donors (Lipinski definition) is 1. The van der Waals surface area contributed by atoms with E-state index in [-0.39, 0.29) is 28.3 Å². The molecule has 4 rings (SSSR count). The zero-order valence-corrected chi connectivity index (χ0v) is 21.7. The van der Waals surface area contributed by atoms with E-state index in [0.717, 1.165) is 11.0 Å². The summed E-state index contributed by atoms with van der Waals surface area (Å²) in [5.74, 6) is -2.07. The fourth-order valence-electron chi connectivity index (χ4n) is 3.55. The molecular weight excluding hydrogens is 574 g/mol. The largest absolute Gasteiger partial charge is 0.497 e. The van der Waals surface area contributed by atoms with Crippen LogP contribution in [0.25, 0.3) is 12.2 Å². The van der Waals surface area contributed by atoms with Crippen LogP contribution in [0.3, 0.4) is 0 Å². The topological polar surface area (TPSA) is 145 Å². The van der Waals surface area contributed by atoms with Crippen molar-refractivity contribution in [1.29, 1.82) is 0 Å². The molecule has 1 saturated heterocycles. The maximum Gasteiger partial charge on any atom is 0.336 e. The molecule has 0 radical (unpaired) electrons. The molecule has 39 heavy (non-hydrogen) atoms. The van der Waals surface area contributed by atoms with Crippen molar-refractivity contribution in [3.8, 4) is 11.5 Å². The van der Waals surface area contributed by atoms with E-state index in [4.69, 9.17) is 9.47 Å². The number of barbiturate groups is 1. The number of anilines is 1. The second-order valence-electron chi connectivity index (χ2n) is 7.94. The van der Waals surface area contributed by atoms with Crippen molar-refractivity contribution >= 4 is 63.3 Å². The molecule has 0 unspecified atom stereocenters. The first-order valence-electron chi connectivity index (χ1n) is 11.2. The number of esters is 1. The van der Waals surface area contributed by atoms with Gasteiger partial charge in [-0.3, -0.25) is 25.0 Å². The van der Waals surface area contributed by atoms with Crippen molar-refractivity contribution in [2.24, 2.45) is 0 Å². The van der Waals surface area contributed by atoms with Crippen molar-refractivity contribution in [2.45, 2.75) is 0 Å². The third kappa shape index (κ3) is 6.25. The lowest BCUT2D eigenvalue weighted by atomic mass is 10.1. The van der Waals surface area contributed by atoms with Crippen molar-refractivity contribution in [1.82, 2.24) is 5.32 Å². The summed E-state index contributed by atoms with van der Waals surface area (Å²) in [4.78, 5) is 62.0. The number of halogens is 1. The normalized spacial score (nSPS) is 14.5. The summed E-state index contributed by atoms with van der Waals surface area (Å²) in [5.41, 5.74) is 0.317. The molecule has 196 valence electrons. The second kappa shape index (κ2) is 11.5. The van der Waals surface area contributed by atoms with Crippen molar-refractivity contribution in [3.05, 3.63) is 104 Å². The average molecular weight is 592 g/mol. The molecule has 1 N–H and O–H groups in total. The first kappa shape index (κ1) is 26.9. The highest BCUT2D eigenvalue weighted by atomic mass is 79.9. The number of hydrogen-bond acceptors (Lipinski definition) is 8. The van der Waals surface area contributed by atoms with Gasteiger partial charge in [0, 0.05) is 28.2 Å². The Kier molecular flexibility index (Phi) is 7.96. The SMILES string of the molecule is COc1ccc(N2C(=O)NC(=O)/C(=C/c3cc(Br)ccc3OC(=O)/C=C/c3cccc([N+](=O)[O-])c3)C2=O)cc1. The summed E-state index contributed by atoms with van der Waals surface area (Å²) >= 11 is 3.31. The maximum absolute atomic E-state index is 13.2. The van der Waals surface area contributed by atoms with Crippen LogP contribution >= 0.6 is 15.9 Å². The first-order valence-corrected chi connectivity index (χ1v) is 11.9. The van der Waals surface area contributed by atoms with Crippen LogP contribution in [0, 0.1) is 10.1 Å². The van der Waals surface area contributed by atoms with Crippen molar-refractivity contribution in [3.63, 3.8) is 0 Å². The fraction of sp³-hybridized carbons (Fsp3) is 0.0370. The van der Waals surface area contributed by atoms with Gasteiger partial charge in [0.2, 0.25) is 0 Å². The molecule has 3 aromatic rings. The Morgan fingerprint density at radius 1 is 1.05 bits per heavy atom. The Hall–Kier alpha value is -5.10. The van der Waals surface area contributed by atoms with Crippen molar-refractivity contribution < 1.29 is 33.6 Å². The standard InChI is InChI=1S/C27H18BrN3O8/c1-38-21-9-7-19(8-10-21)30-26(34)22(25(33)29-27(30)35)15-17-14-18(28)6-11-23(17)39-24(32)12-5-16-3-2-4-20(13-16)31(36)37/h2-15H,1H3,(H,29,33,35)/b12-5+,22-15-. The quantitative estimate of drug-likeness (QED) is 0.104. The van der Waals surface area contributed by atoms with Gasteiger partial charge in [-0.15, -0.1) is 0 Å². The number of methoxy groups -OCH3 is 1. The van der Waals surface area contributed by atoms with Crippen LogP contribution in [0.2, 0.25) is 0 Å². The highest BCUT2D eigenvalue weighted by molar-refractivity contribution is 9.10. The molecule has 1 aliphatic rings. The van der Waals surface area contributed by atoms with Crippen LogP contribution in [0.1, 0.15) is 11.1 Å². The fourth-order valence-corrected chi connectivity index (χ4v) is 3.93. The van der Waals surface area contributed by atoms with Crippen LogP contribution in [-0.4, -0.2) is 35.8 Å². The lowest BCUT2D eigenvalue weighted by Crippen LogP contribution is -2.54. The zero-order valence-electron chi connectivity index (χ0n) is 20.1. The number of ether oxygens (including phenoxy) is 2. The van der Waals surface area contributed by atoms with E-state index in [9.17, 15) is 29.3 Å². The lowest BCUT2D eigenvalue weighted by Gasteiger charge is -2.26. The number of nitro groups is 1. The summed E-state index contributed by atoms with van der Waals surface area (Å²) in [7, 11) is 1.47. The van der Waals surface area contributed by atoms with Crippen molar-refractivity contribution in [2.75, 3.05) is 12.0 Å². The molecule has 0 aliphatic carbocycles. The minimum absolute atomic E-state index is 0.0212. The molecule has 4 amide bonds. The van der Waals surface area contributed by atoms with Gasteiger partial charge in [0.05, 0.1) is 17.7 Å². The van der Waals surface area contributed by atoms with Gasteiger partial charge in [-0.2, -0.15) is 0 Å². The Morgan fingerprint density at radius 3 is 2.49 bits per heavy atom. The summed E-state index contributed by atoms with van der Waals surface area (Å²) in [6.45, 7) is 0. The third-order valence-electron chi connectivity index (χ3n) is 5.41. The molecular formula is C27H18BrN3O8. The Morgan fingerprint density at radius 2 is 1.79 bits per heavy atom. The van der Waals surface area contributed by atoms with Gasteiger partial charge in [0.15, 0.2) is 0 Å². The maximum atomic E-state index is 13.2. The van der Waals surface area contributed by atoms with Crippen LogP contribution in [0.15, 0.2) is 82.9 Å². The average Bonchev–Trinajstić information content (AvgIpc) is 2.91. The van der Waals surface area contributed by atoms with Crippen LogP contribution in [0.4, 0.5) is 16.2 Å². The molecule has 1 aliphatic heterocycles. The van der Waals surface area contributed by atoms with E-state index in [1.807, 2.05) is 0 Å². The summed E-state index contributed by atoms with van der Waals surface area (Å²) in [6, 6.07) is 15.4. The van der Waals surface area contributed by atoms with Gasteiger partial charge in [0.25, 0.3) is 17.5 Å². The number of benzene rings is 3. The molecule has 1 heterocycles. The van der Waals surface area contributed by atoms with E-state index in [1.165, 1.54) is 61.7 Å². The zero-order chi connectivity index (χ0) is 28.1. The number of carbonyl (C=O) groups excluding carboxylic acids is 4. The minimum atomic E-state index is -0.919. The molecule has 0 saturated carbocycles. The highest BCUT2D eigenvalue weighted by Gasteiger charge is 2.37. The van der Waals surface area contributed by atoms with E-state index >= 15 is 0 Å². The Balaban J connectivity index is 1.61. The molecule has 0 bridgehead atoms. The number of nitrogens with zero attached hydrogens (tertiary/aromatic N) is 2. The van der Waals surface area contributed by atoms with Gasteiger partial charge in [-0.05, 0) is 60.2 Å². The molecule has 0 atom stereocenters. The number of carbonyl (C=O) groups is 4. The molecule has 0 aromatic heterocycles. The molecule has 12 heteroatoms. The number of non-ortho nitro benzene ring substituents is 1.